The van der Waals surface area contributed by atoms with E-state index < -0.39 is 0 Å². The fraction of sp³-hybridized carbons (Fsp3) is 0.857. The standard InChI is InChI=1S/C7H13OSSi/c8-7(9)6-10-4-2-1-3-5-10/h1-6H2,(H,8,9). The molecule has 3 heteroatoms. The minimum Gasteiger partial charge on any atom is -0.288 e. The van der Waals surface area contributed by atoms with Gasteiger partial charge < -0.3 is 0 Å². The number of rotatable bonds is 2. The zero-order chi connectivity index (χ0) is 7.40. The lowest BCUT2D eigenvalue weighted by molar-refractivity contribution is -0.109. The molecule has 0 amide bonds. The van der Waals surface area contributed by atoms with E-state index in [1.54, 1.807) is 0 Å². The third-order valence-electron chi connectivity index (χ3n) is 1.96. The summed E-state index contributed by atoms with van der Waals surface area (Å²) in [5.41, 5.74) is 0. The number of thiol groups is 1. The summed E-state index contributed by atoms with van der Waals surface area (Å²) in [6, 6.07) is 3.49. The fourth-order valence-corrected chi connectivity index (χ4v) is 4.64. The van der Waals surface area contributed by atoms with Crippen molar-refractivity contribution in [1.29, 1.82) is 0 Å². The smallest absolute Gasteiger partial charge is 0.183 e. The Kier molecular flexibility index (Phi) is 3.49. The molecule has 0 aromatic rings. The number of hydrogen-bond donors (Lipinski definition) is 1. The molecule has 0 spiro atoms. The third kappa shape index (κ3) is 2.88. The predicted molar refractivity (Wildman–Crippen MR) is 48.0 cm³/mol. The first-order valence-electron chi connectivity index (χ1n) is 3.84. The Balaban J connectivity index is 2.19. The molecule has 1 heterocycles. The monoisotopic (exact) mass is 173 g/mol. The largest absolute Gasteiger partial charge is 0.288 e. The highest BCUT2D eigenvalue weighted by molar-refractivity contribution is 7.96. The van der Waals surface area contributed by atoms with Crippen LogP contribution in [0, 0.1) is 0 Å². The third-order valence-corrected chi connectivity index (χ3v) is 5.36. The molecule has 1 aliphatic rings. The topological polar surface area (TPSA) is 17.1 Å². The Morgan fingerprint density at radius 2 is 1.90 bits per heavy atom. The number of carbonyl (C=O) groups excluding carboxylic acids is 1. The minimum atomic E-state index is -0.274. The van der Waals surface area contributed by atoms with Crippen molar-refractivity contribution in [2.75, 3.05) is 0 Å². The van der Waals surface area contributed by atoms with Crippen molar-refractivity contribution >= 4 is 26.5 Å². The Labute approximate surface area is 69.2 Å². The molecule has 1 nitrogen and oxygen atoms in total. The van der Waals surface area contributed by atoms with E-state index in [0.29, 0.717) is 0 Å². The van der Waals surface area contributed by atoms with E-state index in [1.807, 2.05) is 0 Å². The van der Waals surface area contributed by atoms with E-state index in [-0.39, 0.29) is 13.9 Å². The van der Waals surface area contributed by atoms with Crippen LogP contribution < -0.4 is 0 Å². The zero-order valence-corrected chi connectivity index (χ0v) is 7.99. The Morgan fingerprint density at radius 3 is 2.40 bits per heavy atom. The molecule has 0 atom stereocenters. The first-order chi connectivity index (χ1) is 4.79. The quantitative estimate of drug-likeness (QED) is 0.500. The molecule has 1 fully saturated rings. The van der Waals surface area contributed by atoms with Crippen LogP contribution in [0.3, 0.4) is 0 Å². The first kappa shape index (κ1) is 8.33. The van der Waals surface area contributed by atoms with Gasteiger partial charge in [0.15, 0.2) is 5.12 Å². The summed E-state index contributed by atoms with van der Waals surface area (Å²) >= 11 is 3.79. The lowest BCUT2D eigenvalue weighted by atomic mass is 10.3. The molecule has 10 heavy (non-hydrogen) atoms. The molecule has 0 unspecified atom stereocenters. The second kappa shape index (κ2) is 4.19. The molecular formula is C7H13OSSi. The Morgan fingerprint density at radius 1 is 1.30 bits per heavy atom. The highest BCUT2D eigenvalue weighted by atomic mass is 32.1. The molecule has 0 bridgehead atoms. The summed E-state index contributed by atoms with van der Waals surface area (Å²) in [7, 11) is -0.274. The van der Waals surface area contributed by atoms with Crippen molar-refractivity contribution in [2.24, 2.45) is 0 Å². The van der Waals surface area contributed by atoms with Gasteiger partial charge in [-0.25, -0.2) is 0 Å². The summed E-state index contributed by atoms with van der Waals surface area (Å²) in [6.07, 6.45) is 4.10. The van der Waals surface area contributed by atoms with Crippen LogP contribution in [-0.4, -0.2) is 13.9 Å². The van der Waals surface area contributed by atoms with E-state index in [0.717, 1.165) is 6.04 Å². The number of carbonyl (C=O) groups is 1. The summed E-state index contributed by atoms with van der Waals surface area (Å²) in [6.45, 7) is 0. The molecule has 1 rings (SSSR count). The van der Waals surface area contributed by atoms with Crippen LogP contribution in [0.1, 0.15) is 19.3 Å². The zero-order valence-electron chi connectivity index (χ0n) is 6.10. The van der Waals surface area contributed by atoms with Gasteiger partial charge in [0, 0.05) is 6.04 Å². The van der Waals surface area contributed by atoms with Crippen LogP contribution in [0.25, 0.3) is 0 Å². The predicted octanol–water partition coefficient (Wildman–Crippen LogP) is 2.12. The van der Waals surface area contributed by atoms with Crippen LogP contribution in [0.15, 0.2) is 0 Å². The maximum absolute atomic E-state index is 10.6. The van der Waals surface area contributed by atoms with E-state index in [1.165, 1.54) is 31.4 Å². The van der Waals surface area contributed by atoms with E-state index in [9.17, 15) is 4.79 Å². The van der Waals surface area contributed by atoms with Crippen molar-refractivity contribution in [3.63, 3.8) is 0 Å². The molecule has 1 saturated heterocycles. The van der Waals surface area contributed by atoms with E-state index >= 15 is 0 Å². The molecule has 1 radical (unpaired) electrons. The molecule has 57 valence electrons. The van der Waals surface area contributed by atoms with Gasteiger partial charge in [-0.1, -0.05) is 31.4 Å². The summed E-state index contributed by atoms with van der Waals surface area (Å²) < 4.78 is 0. The lowest BCUT2D eigenvalue weighted by Crippen LogP contribution is -2.17. The van der Waals surface area contributed by atoms with Crippen LogP contribution in [0.4, 0.5) is 0 Å². The minimum absolute atomic E-state index is 0.107. The number of hydrogen-bond acceptors (Lipinski definition) is 1. The molecule has 0 aromatic heterocycles. The van der Waals surface area contributed by atoms with Crippen LogP contribution in [-0.2, 0) is 4.79 Å². The van der Waals surface area contributed by atoms with Gasteiger partial charge in [-0.2, -0.15) is 0 Å². The molecule has 0 N–H and O–H groups in total. The normalized spacial score (nSPS) is 20.9. The molecule has 0 saturated carbocycles. The fourth-order valence-electron chi connectivity index (χ4n) is 1.44. The van der Waals surface area contributed by atoms with Crippen molar-refractivity contribution in [3.8, 4) is 0 Å². The van der Waals surface area contributed by atoms with E-state index in [2.05, 4.69) is 12.6 Å². The van der Waals surface area contributed by atoms with Crippen LogP contribution >= 0.6 is 12.6 Å². The maximum atomic E-state index is 10.6. The summed E-state index contributed by atoms with van der Waals surface area (Å²) in [5, 5.41) is 0.107. The van der Waals surface area contributed by atoms with Gasteiger partial charge in [0.05, 0.1) is 8.80 Å². The Hall–Kier alpha value is 0.237. The van der Waals surface area contributed by atoms with Gasteiger partial charge in [-0.15, -0.1) is 12.6 Å². The highest BCUT2D eigenvalue weighted by Gasteiger charge is 2.16. The maximum Gasteiger partial charge on any atom is 0.183 e. The van der Waals surface area contributed by atoms with Crippen molar-refractivity contribution in [3.05, 3.63) is 0 Å². The van der Waals surface area contributed by atoms with E-state index in [4.69, 9.17) is 0 Å². The van der Waals surface area contributed by atoms with Gasteiger partial charge in [0.25, 0.3) is 0 Å². The first-order valence-corrected chi connectivity index (χ1v) is 6.41. The van der Waals surface area contributed by atoms with Crippen LogP contribution in [0.2, 0.25) is 18.1 Å². The summed E-state index contributed by atoms with van der Waals surface area (Å²) in [4.78, 5) is 10.6. The lowest BCUT2D eigenvalue weighted by Gasteiger charge is -2.17. The highest BCUT2D eigenvalue weighted by Crippen LogP contribution is 2.21. The van der Waals surface area contributed by atoms with Crippen molar-refractivity contribution in [1.82, 2.24) is 0 Å². The van der Waals surface area contributed by atoms with Crippen molar-refractivity contribution < 1.29 is 4.79 Å². The SMILES string of the molecule is O=C(S)C[Si]1CCCCC1. The average molecular weight is 173 g/mol. The van der Waals surface area contributed by atoms with Gasteiger partial charge in [0.2, 0.25) is 0 Å². The molecule has 0 aromatic carbocycles. The van der Waals surface area contributed by atoms with Gasteiger partial charge >= 0.3 is 0 Å². The van der Waals surface area contributed by atoms with Gasteiger partial charge in [0.1, 0.15) is 0 Å². The van der Waals surface area contributed by atoms with Gasteiger partial charge in [-0.3, -0.25) is 4.79 Å². The molecular weight excluding hydrogens is 160 g/mol. The average Bonchev–Trinajstić information content (AvgIpc) is 1.88. The van der Waals surface area contributed by atoms with Gasteiger partial charge in [-0.05, 0) is 0 Å². The Bertz CT molecular complexity index is 121. The van der Waals surface area contributed by atoms with Crippen molar-refractivity contribution in [2.45, 2.75) is 37.4 Å². The second-order valence-corrected chi connectivity index (χ2v) is 6.23. The molecule has 0 aliphatic carbocycles. The second-order valence-electron chi connectivity index (χ2n) is 2.88. The van der Waals surface area contributed by atoms with Crippen LogP contribution in [0.5, 0.6) is 0 Å². The summed E-state index contributed by atoms with van der Waals surface area (Å²) in [5.74, 6) is 0. The molecule has 1 aliphatic heterocycles.